The third kappa shape index (κ3) is 2.94. The van der Waals surface area contributed by atoms with Crippen LogP contribution in [0.4, 0.5) is 5.82 Å². The van der Waals surface area contributed by atoms with Crippen LogP contribution in [0.2, 0.25) is 0 Å². The Kier molecular flexibility index (Phi) is 4.48. The maximum Gasteiger partial charge on any atom is 0.133 e. The van der Waals surface area contributed by atoms with Gasteiger partial charge in [-0.2, -0.15) is 0 Å². The van der Waals surface area contributed by atoms with E-state index in [1.807, 2.05) is 0 Å². The van der Waals surface area contributed by atoms with Gasteiger partial charge in [0.15, 0.2) is 0 Å². The molecular weight excluding hydrogens is 258 g/mol. The fourth-order valence-electron chi connectivity index (χ4n) is 4.16. The highest BCUT2D eigenvalue weighted by atomic mass is 15.2. The van der Waals surface area contributed by atoms with Gasteiger partial charge < -0.3 is 10.6 Å². The first-order chi connectivity index (χ1) is 10.2. The van der Waals surface area contributed by atoms with E-state index in [-0.39, 0.29) is 0 Å². The zero-order valence-corrected chi connectivity index (χ0v) is 13.6. The van der Waals surface area contributed by atoms with E-state index in [1.54, 1.807) is 0 Å². The van der Waals surface area contributed by atoms with Crippen LogP contribution in [0.3, 0.4) is 0 Å². The zero-order valence-electron chi connectivity index (χ0n) is 13.6. The summed E-state index contributed by atoms with van der Waals surface area (Å²) in [6.07, 6.45) is 10.3. The number of aryl methyl sites for hydroxylation is 2. The Hall–Kier alpha value is -1.09. The summed E-state index contributed by atoms with van der Waals surface area (Å²) in [7, 11) is 2.23. The van der Waals surface area contributed by atoms with Gasteiger partial charge >= 0.3 is 0 Å². The highest BCUT2D eigenvalue weighted by molar-refractivity contribution is 5.51. The van der Waals surface area contributed by atoms with E-state index >= 15 is 0 Å². The predicted molar refractivity (Wildman–Crippen MR) is 88.6 cm³/mol. The average Bonchev–Trinajstić information content (AvgIpc) is 2.53. The second-order valence-corrected chi connectivity index (χ2v) is 6.93. The highest BCUT2D eigenvalue weighted by Crippen LogP contribution is 2.33. The summed E-state index contributed by atoms with van der Waals surface area (Å²) >= 11 is 0. The summed E-state index contributed by atoms with van der Waals surface area (Å²) < 4.78 is 0. The van der Waals surface area contributed by atoms with Gasteiger partial charge in [0.1, 0.15) is 5.82 Å². The number of pyridine rings is 1. The summed E-state index contributed by atoms with van der Waals surface area (Å²) in [6.45, 7) is 2.99. The normalized spacial score (nSPS) is 25.5. The molecule has 2 N–H and O–H groups in total. The maximum absolute atomic E-state index is 6.02. The van der Waals surface area contributed by atoms with Gasteiger partial charge in [-0.15, -0.1) is 0 Å². The molecule has 3 nitrogen and oxygen atoms in total. The van der Waals surface area contributed by atoms with Crippen LogP contribution in [0.1, 0.15) is 62.3 Å². The van der Waals surface area contributed by atoms with Crippen LogP contribution in [-0.4, -0.2) is 18.1 Å². The van der Waals surface area contributed by atoms with Crippen molar-refractivity contribution in [1.29, 1.82) is 0 Å². The lowest BCUT2D eigenvalue weighted by molar-refractivity contribution is 0.320. The van der Waals surface area contributed by atoms with E-state index in [9.17, 15) is 0 Å². The van der Waals surface area contributed by atoms with Gasteiger partial charge in [0.05, 0.1) is 0 Å². The molecule has 2 aliphatic carbocycles. The van der Waals surface area contributed by atoms with Crippen molar-refractivity contribution in [3.8, 4) is 0 Å². The smallest absolute Gasteiger partial charge is 0.133 e. The molecule has 0 aromatic carbocycles. The molecule has 1 aromatic rings. The molecule has 116 valence electrons. The van der Waals surface area contributed by atoms with Crippen molar-refractivity contribution in [3.63, 3.8) is 0 Å². The van der Waals surface area contributed by atoms with Gasteiger partial charge in [-0.1, -0.05) is 19.8 Å². The predicted octanol–water partition coefficient (Wildman–Crippen LogP) is 3.43. The first-order valence-corrected chi connectivity index (χ1v) is 8.65. The van der Waals surface area contributed by atoms with E-state index in [2.05, 4.69) is 24.9 Å². The minimum atomic E-state index is 0.598. The number of anilines is 1. The van der Waals surface area contributed by atoms with Crippen molar-refractivity contribution in [2.24, 2.45) is 11.7 Å². The number of nitrogens with zero attached hydrogens (tertiary/aromatic N) is 2. The van der Waals surface area contributed by atoms with Crippen molar-refractivity contribution in [3.05, 3.63) is 22.9 Å². The topological polar surface area (TPSA) is 42.2 Å². The van der Waals surface area contributed by atoms with E-state index in [4.69, 9.17) is 10.7 Å². The Labute approximate surface area is 128 Å². The molecule has 0 bridgehead atoms. The van der Waals surface area contributed by atoms with Crippen LogP contribution in [-0.2, 0) is 19.4 Å². The van der Waals surface area contributed by atoms with Gasteiger partial charge in [-0.25, -0.2) is 4.98 Å². The van der Waals surface area contributed by atoms with E-state index in [1.165, 1.54) is 61.8 Å². The molecule has 1 heterocycles. The lowest BCUT2D eigenvalue weighted by atomic mass is 9.85. The van der Waals surface area contributed by atoms with E-state index in [0.717, 1.165) is 18.2 Å². The third-order valence-corrected chi connectivity index (χ3v) is 5.47. The van der Waals surface area contributed by atoms with Gasteiger partial charge in [0.25, 0.3) is 0 Å². The van der Waals surface area contributed by atoms with Crippen LogP contribution < -0.4 is 10.6 Å². The number of aromatic nitrogens is 1. The molecule has 0 amide bonds. The number of hydrogen-bond donors (Lipinski definition) is 1. The van der Waals surface area contributed by atoms with Gasteiger partial charge in [0, 0.05) is 30.9 Å². The summed E-state index contributed by atoms with van der Waals surface area (Å²) in [5, 5.41) is 0. The first kappa shape index (κ1) is 14.8. The summed E-state index contributed by atoms with van der Waals surface area (Å²) in [6, 6.07) is 2.96. The largest absolute Gasteiger partial charge is 0.356 e. The lowest BCUT2D eigenvalue weighted by Gasteiger charge is -2.38. The molecule has 2 aliphatic rings. The van der Waals surface area contributed by atoms with Crippen molar-refractivity contribution in [1.82, 2.24) is 4.98 Å². The quantitative estimate of drug-likeness (QED) is 0.926. The van der Waals surface area contributed by atoms with Crippen molar-refractivity contribution in [2.75, 3.05) is 11.9 Å². The second kappa shape index (κ2) is 6.35. The monoisotopic (exact) mass is 287 g/mol. The number of fused-ring (bicyclic) bond motifs is 1. The minimum Gasteiger partial charge on any atom is -0.356 e. The first-order valence-electron chi connectivity index (χ1n) is 8.65. The van der Waals surface area contributed by atoms with Gasteiger partial charge in [-0.3, -0.25) is 0 Å². The summed E-state index contributed by atoms with van der Waals surface area (Å²) in [4.78, 5) is 7.47. The molecule has 3 rings (SSSR count). The molecule has 0 saturated heterocycles. The van der Waals surface area contributed by atoms with Crippen LogP contribution in [0.5, 0.6) is 0 Å². The maximum atomic E-state index is 6.02. The Balaban J connectivity index is 1.92. The zero-order chi connectivity index (χ0) is 14.8. The van der Waals surface area contributed by atoms with Crippen LogP contribution in [0.15, 0.2) is 6.07 Å². The Morgan fingerprint density at radius 3 is 2.71 bits per heavy atom. The van der Waals surface area contributed by atoms with Crippen LogP contribution in [0, 0.1) is 5.92 Å². The third-order valence-electron chi connectivity index (χ3n) is 5.47. The molecule has 1 saturated carbocycles. The number of rotatable bonds is 3. The van der Waals surface area contributed by atoms with Gasteiger partial charge in [-0.05, 0) is 56.1 Å². The van der Waals surface area contributed by atoms with Crippen LogP contribution >= 0.6 is 0 Å². The van der Waals surface area contributed by atoms with Crippen molar-refractivity contribution >= 4 is 5.82 Å². The lowest BCUT2D eigenvalue weighted by Crippen LogP contribution is -2.40. The van der Waals surface area contributed by atoms with E-state index in [0.29, 0.717) is 12.6 Å². The fraction of sp³-hybridized carbons (Fsp3) is 0.722. The molecule has 21 heavy (non-hydrogen) atoms. The molecular formula is C18H29N3. The van der Waals surface area contributed by atoms with Crippen LogP contribution in [0.25, 0.3) is 0 Å². The Bertz CT molecular complexity index is 497. The van der Waals surface area contributed by atoms with Crippen molar-refractivity contribution < 1.29 is 0 Å². The summed E-state index contributed by atoms with van der Waals surface area (Å²) in [5.74, 6) is 1.91. The Morgan fingerprint density at radius 1 is 1.19 bits per heavy atom. The molecule has 3 heteroatoms. The van der Waals surface area contributed by atoms with Crippen molar-refractivity contribution in [2.45, 2.75) is 70.9 Å². The molecule has 0 radical (unpaired) electrons. The minimum absolute atomic E-state index is 0.598. The second-order valence-electron chi connectivity index (χ2n) is 6.93. The molecule has 0 aliphatic heterocycles. The summed E-state index contributed by atoms with van der Waals surface area (Å²) in [5.41, 5.74) is 10.0. The standard InChI is InChI=1S/C18H29N3/c1-13-7-3-6-10-17(13)21(2)18-15(12-19)11-14-8-4-5-9-16(14)20-18/h11,13,17H,3-10,12,19H2,1-2H3. The molecule has 1 aromatic heterocycles. The van der Waals surface area contributed by atoms with E-state index < -0.39 is 0 Å². The molecule has 2 atom stereocenters. The molecule has 1 fully saturated rings. The number of hydrogen-bond acceptors (Lipinski definition) is 3. The molecule has 0 spiro atoms. The van der Waals surface area contributed by atoms with Gasteiger partial charge in [0.2, 0.25) is 0 Å². The average molecular weight is 287 g/mol. The molecule has 2 unspecified atom stereocenters. The SMILES string of the molecule is CC1CCCCC1N(C)c1nc2c(cc1CN)CCCC2. The Morgan fingerprint density at radius 2 is 1.95 bits per heavy atom. The highest BCUT2D eigenvalue weighted by Gasteiger charge is 2.27. The number of nitrogens with two attached hydrogens (primary N) is 1. The fourth-order valence-corrected chi connectivity index (χ4v) is 4.16.